The van der Waals surface area contributed by atoms with Crippen LogP contribution in [-0.2, 0) is 37.3 Å². The number of pyridine rings is 1. The SMILES string of the molecule is [2H]C([2H])([2H])c1cc(-c2cc(C(C)C)cc(C([2H])(C)C)c2)ccc1-n1c(-c2cc(C(C)(C)C)cc(C(C)(C)C)c2O)nc2c(-c3[c-]c(-c4cc(-c5ccccc5)ccn4)cc(C(C)(C)C)c3)cccc21.[Pt]. The molecule has 2 heterocycles. The fourth-order valence-corrected chi connectivity index (χ4v) is 8.58. The standard InChI is InChI=1S/C61H66N3O.Pt/c1-37(2)43-28-44(38(3)4)30-45(29-43)41-23-24-54(39(5)27-41)64-55-22-18-21-50(56(55)63-58(64)51-35-49(60(9,10)11)36-52(57(51)65)61(12,13)14)46-31-47(33-48(32-46)59(6,7)8)53-34-42(25-26-62-53)40-19-16-15-17-20-40;/h15-30,32-38,65H,1-14H3;/q-1;/i5D3,37D;. The smallest absolute Gasteiger partial charge is 0.148 e. The molecular formula is C61H66N3OPt-. The Hall–Kier alpha value is -5.57. The molecular weight excluding hydrogens is 986 g/mol. The number of hydrogen-bond acceptors (Lipinski definition) is 3. The summed E-state index contributed by atoms with van der Waals surface area (Å²) in [5.74, 6) is -0.138. The maximum atomic E-state index is 12.5. The van der Waals surface area contributed by atoms with Crippen LogP contribution >= 0.6 is 0 Å². The summed E-state index contributed by atoms with van der Waals surface area (Å²) in [6, 6.07) is 44.5. The van der Waals surface area contributed by atoms with Crippen molar-refractivity contribution in [3.05, 3.63) is 167 Å². The summed E-state index contributed by atoms with van der Waals surface area (Å²) < 4.78 is 38.3. The van der Waals surface area contributed by atoms with E-state index in [0.29, 0.717) is 28.1 Å². The largest absolute Gasteiger partial charge is 0.507 e. The fourth-order valence-electron chi connectivity index (χ4n) is 8.58. The van der Waals surface area contributed by atoms with Gasteiger partial charge in [0.2, 0.25) is 0 Å². The molecule has 4 nitrogen and oxygen atoms in total. The second kappa shape index (κ2) is 18.3. The third kappa shape index (κ3) is 9.63. The van der Waals surface area contributed by atoms with Gasteiger partial charge in [-0.1, -0.05) is 180 Å². The zero-order valence-electron chi connectivity index (χ0n) is 44.8. The molecule has 0 aliphatic rings. The van der Waals surface area contributed by atoms with Crippen LogP contribution in [0.15, 0.2) is 128 Å². The van der Waals surface area contributed by atoms with Crippen molar-refractivity contribution >= 4 is 11.0 Å². The van der Waals surface area contributed by atoms with E-state index in [-0.39, 0.29) is 49.1 Å². The van der Waals surface area contributed by atoms with Gasteiger partial charge in [0.15, 0.2) is 0 Å². The summed E-state index contributed by atoms with van der Waals surface area (Å²) >= 11 is 0. The minimum absolute atomic E-state index is 0. The predicted molar refractivity (Wildman–Crippen MR) is 276 cm³/mol. The topological polar surface area (TPSA) is 50.9 Å². The molecule has 0 saturated carbocycles. The van der Waals surface area contributed by atoms with Gasteiger partial charge in [-0.2, -0.15) is 0 Å². The molecule has 0 spiro atoms. The van der Waals surface area contributed by atoms with E-state index in [1.165, 1.54) is 0 Å². The van der Waals surface area contributed by atoms with E-state index in [1.54, 1.807) is 6.07 Å². The molecule has 8 rings (SSSR count). The van der Waals surface area contributed by atoms with Crippen LogP contribution in [0.5, 0.6) is 5.75 Å². The van der Waals surface area contributed by atoms with E-state index >= 15 is 0 Å². The van der Waals surface area contributed by atoms with Gasteiger partial charge in [-0.05, 0) is 110 Å². The Labute approximate surface area is 414 Å². The van der Waals surface area contributed by atoms with E-state index in [2.05, 4.69) is 131 Å². The third-order valence-electron chi connectivity index (χ3n) is 12.6. The van der Waals surface area contributed by atoms with Crippen molar-refractivity contribution in [2.45, 2.75) is 125 Å². The molecule has 0 aliphatic heterocycles. The first-order valence-electron chi connectivity index (χ1n) is 24.9. The van der Waals surface area contributed by atoms with Crippen molar-refractivity contribution in [2.75, 3.05) is 0 Å². The molecule has 0 fully saturated rings. The molecule has 2 aromatic heterocycles. The van der Waals surface area contributed by atoms with Crippen molar-refractivity contribution in [1.82, 2.24) is 14.5 Å². The maximum absolute atomic E-state index is 12.5. The van der Waals surface area contributed by atoms with Crippen LogP contribution in [-0.4, -0.2) is 19.6 Å². The average molecular weight is 1060 g/mol. The molecule has 0 atom stereocenters. The van der Waals surface area contributed by atoms with Gasteiger partial charge in [0.1, 0.15) is 11.6 Å². The van der Waals surface area contributed by atoms with E-state index in [4.69, 9.17) is 15.5 Å². The van der Waals surface area contributed by atoms with Crippen molar-refractivity contribution in [2.24, 2.45) is 0 Å². The van der Waals surface area contributed by atoms with Crippen molar-refractivity contribution in [1.29, 1.82) is 0 Å². The molecule has 0 bridgehead atoms. The van der Waals surface area contributed by atoms with E-state index in [0.717, 1.165) is 72.5 Å². The summed E-state index contributed by atoms with van der Waals surface area (Å²) in [6.45, 7) is 24.8. The maximum Gasteiger partial charge on any atom is 0.148 e. The first kappa shape index (κ1) is 43.0. The number of hydrogen-bond donors (Lipinski definition) is 1. The molecule has 342 valence electrons. The quantitative estimate of drug-likeness (QED) is 0.154. The third-order valence-corrected chi connectivity index (χ3v) is 12.6. The zero-order valence-corrected chi connectivity index (χ0v) is 43.1. The number of rotatable bonds is 8. The van der Waals surface area contributed by atoms with Crippen LogP contribution < -0.4 is 0 Å². The summed E-state index contributed by atoms with van der Waals surface area (Å²) in [7, 11) is 0. The van der Waals surface area contributed by atoms with Crippen molar-refractivity contribution < 1.29 is 31.7 Å². The summed E-state index contributed by atoms with van der Waals surface area (Å²) in [6.07, 6.45) is 1.84. The number of phenolic OH excluding ortho intramolecular Hbond substituents is 1. The van der Waals surface area contributed by atoms with Gasteiger partial charge in [-0.3, -0.25) is 9.55 Å². The Morgan fingerprint density at radius 2 is 1.29 bits per heavy atom. The van der Waals surface area contributed by atoms with Crippen LogP contribution in [0.2, 0.25) is 0 Å². The van der Waals surface area contributed by atoms with Gasteiger partial charge in [0.05, 0.1) is 22.3 Å². The second-order valence-electron chi connectivity index (χ2n) is 21.3. The van der Waals surface area contributed by atoms with Crippen LogP contribution in [0.25, 0.3) is 72.7 Å². The Balaban J connectivity index is 0.00000722. The summed E-state index contributed by atoms with van der Waals surface area (Å²) in [5, 5.41) is 12.5. The molecule has 8 aromatic rings. The monoisotopic (exact) mass is 1060 g/mol. The van der Waals surface area contributed by atoms with Crippen LogP contribution in [0.3, 0.4) is 0 Å². The molecule has 6 aromatic carbocycles. The number of aromatic nitrogens is 3. The van der Waals surface area contributed by atoms with Gasteiger partial charge in [0, 0.05) is 44.0 Å². The molecule has 5 heteroatoms. The van der Waals surface area contributed by atoms with Crippen LogP contribution in [0.4, 0.5) is 0 Å². The molecule has 0 radical (unpaired) electrons. The molecule has 0 aliphatic carbocycles. The normalized spacial score (nSPS) is 13.5. The van der Waals surface area contributed by atoms with Crippen LogP contribution in [0, 0.1) is 12.9 Å². The van der Waals surface area contributed by atoms with Gasteiger partial charge in [0.25, 0.3) is 0 Å². The second-order valence-corrected chi connectivity index (χ2v) is 21.3. The Morgan fingerprint density at radius 3 is 1.94 bits per heavy atom. The average Bonchev–Trinajstić information content (AvgIpc) is 3.66. The number of fused-ring (bicyclic) bond motifs is 1. The number of phenols is 1. The number of benzene rings is 6. The molecule has 1 N–H and O–H groups in total. The molecule has 0 amide bonds. The predicted octanol–water partition coefficient (Wildman–Crippen LogP) is 16.7. The van der Waals surface area contributed by atoms with E-state index < -0.39 is 18.2 Å². The van der Waals surface area contributed by atoms with Gasteiger partial charge in [-0.25, -0.2) is 4.98 Å². The van der Waals surface area contributed by atoms with E-state index in [1.807, 2.05) is 91.3 Å². The molecule has 0 saturated heterocycles. The minimum atomic E-state index is -2.55. The Morgan fingerprint density at radius 1 is 0.621 bits per heavy atom. The molecule has 0 unspecified atom stereocenters. The van der Waals surface area contributed by atoms with Crippen molar-refractivity contribution in [3.8, 4) is 67.5 Å². The number of para-hydroxylation sites is 1. The first-order valence-corrected chi connectivity index (χ1v) is 22.9. The Bertz CT molecular complexity index is 3230. The Kier molecular flexibility index (Phi) is 11.9. The summed E-state index contributed by atoms with van der Waals surface area (Å²) in [4.78, 5) is 10.4. The minimum Gasteiger partial charge on any atom is -0.507 e. The number of nitrogens with zero attached hydrogens (tertiary/aromatic N) is 3. The zero-order chi connectivity index (χ0) is 50.2. The number of aryl methyl sites for hydroxylation is 1. The number of aromatic hydroxyl groups is 1. The first-order chi connectivity index (χ1) is 32.1. The van der Waals surface area contributed by atoms with Crippen LogP contribution in [0.1, 0.15) is 141 Å². The van der Waals surface area contributed by atoms with E-state index in [9.17, 15) is 5.11 Å². The fraction of sp³-hybridized carbons (Fsp3) is 0.311. The van der Waals surface area contributed by atoms with Crippen molar-refractivity contribution in [3.63, 3.8) is 0 Å². The van der Waals surface area contributed by atoms with Gasteiger partial charge < -0.3 is 5.11 Å². The van der Waals surface area contributed by atoms with Gasteiger partial charge in [-0.15, -0.1) is 29.3 Å². The summed E-state index contributed by atoms with van der Waals surface area (Å²) in [5.41, 5.74) is 13.3. The number of imidazole rings is 1. The molecule has 66 heavy (non-hydrogen) atoms. The van der Waals surface area contributed by atoms with Gasteiger partial charge >= 0.3 is 0 Å².